The number of hydrogen-bond acceptors (Lipinski definition) is 4. The van der Waals surface area contributed by atoms with Gasteiger partial charge in [-0.05, 0) is 37.2 Å². The molecule has 5 nitrogen and oxygen atoms in total. The first-order valence-electron chi connectivity index (χ1n) is 8.28. The fourth-order valence-electron chi connectivity index (χ4n) is 3.10. The lowest BCUT2D eigenvalue weighted by Gasteiger charge is -2.42. The summed E-state index contributed by atoms with van der Waals surface area (Å²) in [5.74, 6) is 0.733. The highest BCUT2D eigenvalue weighted by molar-refractivity contribution is 5.93. The summed E-state index contributed by atoms with van der Waals surface area (Å²) in [5, 5.41) is 9.17. The molecule has 0 saturated carbocycles. The number of hydrogen-bond donors (Lipinski definition) is 1. The van der Waals surface area contributed by atoms with Crippen LogP contribution in [0.5, 0.6) is 0 Å². The van der Waals surface area contributed by atoms with Crippen LogP contribution >= 0.6 is 0 Å². The van der Waals surface area contributed by atoms with Crippen molar-refractivity contribution in [2.75, 3.05) is 26.3 Å². The van der Waals surface area contributed by atoms with Crippen LogP contribution in [0.4, 0.5) is 0 Å². The predicted octanol–water partition coefficient (Wildman–Crippen LogP) is 2.16. The van der Waals surface area contributed by atoms with Gasteiger partial charge in [0.2, 0.25) is 6.29 Å². The Labute approximate surface area is 133 Å². The number of rotatable bonds is 6. The van der Waals surface area contributed by atoms with Gasteiger partial charge in [-0.3, -0.25) is 4.79 Å². The van der Waals surface area contributed by atoms with E-state index in [0.717, 1.165) is 19.5 Å². The van der Waals surface area contributed by atoms with Crippen molar-refractivity contribution in [3.05, 3.63) is 11.8 Å². The minimum absolute atomic E-state index is 0.00364. The summed E-state index contributed by atoms with van der Waals surface area (Å²) in [5.41, 5.74) is 0.00364. The maximum absolute atomic E-state index is 12.3. The quantitative estimate of drug-likeness (QED) is 0.764. The summed E-state index contributed by atoms with van der Waals surface area (Å²) in [6, 6.07) is 0. The second-order valence-corrected chi connectivity index (χ2v) is 7.19. The summed E-state index contributed by atoms with van der Waals surface area (Å²) in [6.45, 7) is 10.8. The summed E-state index contributed by atoms with van der Waals surface area (Å²) in [7, 11) is 0. The van der Waals surface area contributed by atoms with E-state index >= 15 is 0 Å². The van der Waals surface area contributed by atoms with E-state index in [-0.39, 0.29) is 29.8 Å². The molecule has 2 aliphatic heterocycles. The number of allylic oxidation sites excluding steroid dienone is 1. The third kappa shape index (κ3) is 4.02. The van der Waals surface area contributed by atoms with Crippen molar-refractivity contribution in [1.82, 2.24) is 4.90 Å². The molecule has 22 heavy (non-hydrogen) atoms. The van der Waals surface area contributed by atoms with E-state index in [9.17, 15) is 4.79 Å². The Bertz CT molecular complexity index is 423. The molecule has 1 saturated heterocycles. The van der Waals surface area contributed by atoms with Crippen LogP contribution in [0.15, 0.2) is 11.8 Å². The molecule has 0 unspecified atom stereocenters. The molecule has 2 heterocycles. The van der Waals surface area contributed by atoms with Crippen molar-refractivity contribution in [3.8, 4) is 0 Å². The molecule has 3 atom stereocenters. The largest absolute Gasteiger partial charge is 0.459 e. The zero-order valence-electron chi connectivity index (χ0n) is 14.2. The molecule has 126 valence electrons. The number of ether oxygens (including phenoxy) is 2. The third-order valence-electron chi connectivity index (χ3n) is 4.36. The van der Waals surface area contributed by atoms with Gasteiger partial charge < -0.3 is 19.5 Å². The van der Waals surface area contributed by atoms with Crippen LogP contribution in [-0.2, 0) is 14.3 Å². The number of carbonyl (C=O) groups is 1. The second-order valence-electron chi connectivity index (χ2n) is 7.19. The molecular weight excluding hydrogens is 282 g/mol. The first-order chi connectivity index (χ1) is 10.4. The number of nitrogens with zero attached hydrogens (tertiary/aromatic N) is 1. The predicted molar refractivity (Wildman–Crippen MR) is 83.9 cm³/mol. The van der Waals surface area contributed by atoms with Gasteiger partial charge in [0.15, 0.2) is 5.76 Å². The smallest absolute Gasteiger partial charge is 0.288 e. The summed E-state index contributed by atoms with van der Waals surface area (Å²) in [6.07, 6.45) is 3.11. The Balaban J connectivity index is 2.26. The standard InChI is InChI=1S/C17H29NO4/c1-5-21-16-12(7-6-10-19)13(17(2,3)4)11-14(22-16)15(20)18-8-9-18/h11-13,16,19H,5-10H2,1-4H3/t12-,13+,16-/m1/s1. The number of carbonyl (C=O) groups excluding carboxylic acids is 1. The van der Waals surface area contributed by atoms with E-state index in [1.807, 2.05) is 13.0 Å². The van der Waals surface area contributed by atoms with Gasteiger partial charge in [-0.15, -0.1) is 0 Å². The maximum atomic E-state index is 12.3. The Hall–Kier alpha value is -1.07. The molecule has 1 N–H and O–H groups in total. The summed E-state index contributed by atoms with van der Waals surface area (Å²) < 4.78 is 11.7. The Morgan fingerprint density at radius 2 is 2.14 bits per heavy atom. The third-order valence-corrected chi connectivity index (χ3v) is 4.36. The molecule has 0 aromatic rings. The van der Waals surface area contributed by atoms with E-state index in [4.69, 9.17) is 14.6 Å². The van der Waals surface area contributed by atoms with Gasteiger partial charge in [0, 0.05) is 32.2 Å². The fourth-order valence-corrected chi connectivity index (χ4v) is 3.10. The van der Waals surface area contributed by atoms with Gasteiger partial charge in [-0.25, -0.2) is 0 Å². The maximum Gasteiger partial charge on any atom is 0.288 e. The normalized spacial score (nSPS) is 28.1. The highest BCUT2D eigenvalue weighted by Gasteiger charge is 2.43. The SMILES string of the molecule is CCO[C@@H]1OC(C(=O)N2CC2)=C[C@H](C(C)(C)C)[C@H]1CCCO. The highest BCUT2D eigenvalue weighted by Crippen LogP contribution is 2.43. The van der Waals surface area contributed by atoms with E-state index in [1.54, 1.807) is 4.90 Å². The van der Waals surface area contributed by atoms with E-state index in [2.05, 4.69) is 20.8 Å². The van der Waals surface area contributed by atoms with Gasteiger partial charge >= 0.3 is 0 Å². The van der Waals surface area contributed by atoms with Crippen LogP contribution in [-0.4, -0.2) is 48.5 Å². The first-order valence-corrected chi connectivity index (χ1v) is 8.28. The lowest BCUT2D eigenvalue weighted by atomic mass is 9.70. The van der Waals surface area contributed by atoms with Crippen LogP contribution in [0.2, 0.25) is 0 Å². The average Bonchev–Trinajstić information content (AvgIpc) is 3.28. The van der Waals surface area contributed by atoms with Crippen LogP contribution in [0, 0.1) is 17.3 Å². The van der Waals surface area contributed by atoms with Crippen molar-refractivity contribution in [2.24, 2.45) is 17.3 Å². The summed E-state index contributed by atoms with van der Waals surface area (Å²) >= 11 is 0. The lowest BCUT2D eigenvalue weighted by molar-refractivity contribution is -0.180. The Morgan fingerprint density at radius 1 is 1.45 bits per heavy atom. The molecule has 0 aromatic carbocycles. The molecule has 0 aliphatic carbocycles. The van der Waals surface area contributed by atoms with Gasteiger partial charge in [-0.1, -0.05) is 20.8 Å². The lowest BCUT2D eigenvalue weighted by Crippen LogP contribution is -2.42. The molecular formula is C17H29NO4. The minimum atomic E-state index is -0.412. The molecule has 0 aromatic heterocycles. The molecule has 0 bridgehead atoms. The number of amides is 1. The number of aliphatic hydroxyl groups is 1. The highest BCUT2D eigenvalue weighted by atomic mass is 16.7. The molecule has 2 rings (SSSR count). The van der Waals surface area contributed by atoms with Crippen LogP contribution in [0.25, 0.3) is 0 Å². The zero-order valence-corrected chi connectivity index (χ0v) is 14.2. The second kappa shape index (κ2) is 7.01. The average molecular weight is 311 g/mol. The van der Waals surface area contributed by atoms with Crippen molar-refractivity contribution < 1.29 is 19.4 Å². The summed E-state index contributed by atoms with van der Waals surface area (Å²) in [4.78, 5) is 14.1. The van der Waals surface area contributed by atoms with E-state index < -0.39 is 6.29 Å². The molecule has 0 radical (unpaired) electrons. The van der Waals surface area contributed by atoms with Crippen molar-refractivity contribution >= 4 is 5.91 Å². The molecule has 1 amide bonds. The zero-order chi connectivity index (χ0) is 16.3. The van der Waals surface area contributed by atoms with Crippen LogP contribution in [0.3, 0.4) is 0 Å². The van der Waals surface area contributed by atoms with Crippen molar-refractivity contribution in [3.63, 3.8) is 0 Å². The van der Waals surface area contributed by atoms with E-state index in [1.165, 1.54) is 0 Å². The fraction of sp³-hybridized carbons (Fsp3) is 0.824. The number of aliphatic hydroxyl groups excluding tert-OH is 1. The van der Waals surface area contributed by atoms with E-state index in [0.29, 0.717) is 18.8 Å². The Morgan fingerprint density at radius 3 is 2.64 bits per heavy atom. The molecule has 0 spiro atoms. The van der Waals surface area contributed by atoms with Crippen LogP contribution < -0.4 is 0 Å². The molecule has 1 fully saturated rings. The van der Waals surface area contributed by atoms with Gasteiger partial charge in [-0.2, -0.15) is 0 Å². The van der Waals surface area contributed by atoms with Crippen molar-refractivity contribution in [2.45, 2.75) is 46.8 Å². The van der Waals surface area contributed by atoms with Gasteiger partial charge in [0.1, 0.15) is 0 Å². The monoisotopic (exact) mass is 311 g/mol. The first kappa shape index (κ1) is 17.3. The Kier molecular flexibility index (Phi) is 5.50. The van der Waals surface area contributed by atoms with Gasteiger partial charge in [0.05, 0.1) is 0 Å². The van der Waals surface area contributed by atoms with Crippen molar-refractivity contribution in [1.29, 1.82) is 0 Å². The van der Waals surface area contributed by atoms with Crippen LogP contribution in [0.1, 0.15) is 40.5 Å². The minimum Gasteiger partial charge on any atom is -0.459 e. The topological polar surface area (TPSA) is 58.8 Å². The molecule has 2 aliphatic rings. The molecule has 5 heteroatoms. The van der Waals surface area contributed by atoms with Gasteiger partial charge in [0.25, 0.3) is 5.91 Å².